The molecular formula is C16H26N4O2. The first-order valence-electron chi connectivity index (χ1n) is 8.38. The van der Waals surface area contributed by atoms with Crippen LogP contribution in [0.25, 0.3) is 0 Å². The topological polar surface area (TPSA) is 73.4 Å². The summed E-state index contributed by atoms with van der Waals surface area (Å²) < 4.78 is 7.69. The Morgan fingerprint density at radius 3 is 2.73 bits per heavy atom. The summed E-state index contributed by atoms with van der Waals surface area (Å²) in [6.07, 6.45) is 7.62. The number of amides is 1. The van der Waals surface area contributed by atoms with Crippen LogP contribution in [0.3, 0.4) is 0 Å². The molecule has 6 heteroatoms. The van der Waals surface area contributed by atoms with E-state index in [4.69, 9.17) is 10.5 Å². The normalized spacial score (nSPS) is 26.5. The molecular weight excluding hydrogens is 280 g/mol. The van der Waals surface area contributed by atoms with Crippen LogP contribution in [0.1, 0.15) is 44.1 Å². The number of ether oxygens (including phenoxy) is 1. The van der Waals surface area contributed by atoms with Crippen molar-refractivity contribution in [3.63, 3.8) is 0 Å². The second-order valence-corrected chi connectivity index (χ2v) is 6.29. The molecule has 2 fully saturated rings. The lowest BCUT2D eigenvalue weighted by Crippen LogP contribution is -2.43. The highest BCUT2D eigenvalue weighted by molar-refractivity contribution is 5.81. The molecule has 3 heterocycles. The van der Waals surface area contributed by atoms with Gasteiger partial charge in [-0.05, 0) is 44.1 Å². The van der Waals surface area contributed by atoms with Gasteiger partial charge in [0.15, 0.2) is 0 Å². The fourth-order valence-corrected chi connectivity index (χ4v) is 3.46. The van der Waals surface area contributed by atoms with Crippen molar-refractivity contribution in [1.29, 1.82) is 0 Å². The highest BCUT2D eigenvalue weighted by Crippen LogP contribution is 2.29. The third-order valence-corrected chi connectivity index (χ3v) is 4.90. The van der Waals surface area contributed by atoms with Crippen LogP contribution in [0.15, 0.2) is 12.4 Å². The predicted molar refractivity (Wildman–Crippen MR) is 83.4 cm³/mol. The van der Waals surface area contributed by atoms with E-state index in [0.29, 0.717) is 12.5 Å². The lowest BCUT2D eigenvalue weighted by Gasteiger charge is -2.33. The van der Waals surface area contributed by atoms with Gasteiger partial charge in [0.1, 0.15) is 6.10 Å². The molecule has 6 nitrogen and oxygen atoms in total. The van der Waals surface area contributed by atoms with Crippen molar-refractivity contribution in [2.24, 2.45) is 5.73 Å². The molecule has 0 saturated carbocycles. The van der Waals surface area contributed by atoms with Gasteiger partial charge in [0.05, 0.1) is 12.3 Å². The third kappa shape index (κ3) is 3.17. The molecule has 0 aliphatic carbocycles. The molecule has 2 saturated heterocycles. The number of nitrogens with two attached hydrogens (primary N) is 1. The molecule has 0 bridgehead atoms. The molecule has 0 spiro atoms. The number of aromatic nitrogens is 2. The summed E-state index contributed by atoms with van der Waals surface area (Å²) in [7, 11) is 0. The van der Waals surface area contributed by atoms with Crippen LogP contribution in [-0.4, -0.2) is 52.4 Å². The summed E-state index contributed by atoms with van der Waals surface area (Å²) in [6, 6.07) is 0. The van der Waals surface area contributed by atoms with E-state index in [1.807, 2.05) is 15.8 Å². The van der Waals surface area contributed by atoms with E-state index < -0.39 is 0 Å². The molecule has 1 aromatic heterocycles. The van der Waals surface area contributed by atoms with Gasteiger partial charge in [0, 0.05) is 32.4 Å². The molecule has 2 aliphatic rings. The largest absolute Gasteiger partial charge is 0.364 e. The van der Waals surface area contributed by atoms with E-state index in [9.17, 15) is 4.79 Å². The van der Waals surface area contributed by atoms with Crippen LogP contribution >= 0.6 is 0 Å². The number of nitrogens with zero attached hydrogens (tertiary/aromatic N) is 3. The van der Waals surface area contributed by atoms with Gasteiger partial charge in [-0.1, -0.05) is 0 Å². The standard InChI is InChI=1S/C16H26N4O2/c1-2-20-11-13(10-18-20)12-5-7-19(8-6-12)16(21)15-4-3-14(9-17)22-15/h10-12,14-15H,2-9,17H2,1H3/t14-,15+/m1/s1. The Morgan fingerprint density at radius 1 is 1.36 bits per heavy atom. The van der Waals surface area contributed by atoms with Gasteiger partial charge in [-0.15, -0.1) is 0 Å². The van der Waals surface area contributed by atoms with E-state index >= 15 is 0 Å². The van der Waals surface area contributed by atoms with Crippen LogP contribution in [-0.2, 0) is 16.1 Å². The van der Waals surface area contributed by atoms with E-state index in [-0.39, 0.29) is 18.1 Å². The molecule has 0 unspecified atom stereocenters. The number of rotatable bonds is 4. The summed E-state index contributed by atoms with van der Waals surface area (Å²) in [4.78, 5) is 14.5. The van der Waals surface area contributed by atoms with Crippen LogP contribution in [0.4, 0.5) is 0 Å². The fraction of sp³-hybridized carbons (Fsp3) is 0.750. The molecule has 0 radical (unpaired) electrons. The lowest BCUT2D eigenvalue weighted by molar-refractivity contribution is -0.143. The molecule has 122 valence electrons. The van der Waals surface area contributed by atoms with Gasteiger partial charge in [-0.3, -0.25) is 9.48 Å². The summed E-state index contributed by atoms with van der Waals surface area (Å²) in [5.74, 6) is 0.671. The number of aryl methyl sites for hydroxylation is 1. The maximum atomic E-state index is 12.5. The monoisotopic (exact) mass is 306 g/mol. The molecule has 1 amide bonds. The van der Waals surface area contributed by atoms with Crippen LogP contribution < -0.4 is 5.73 Å². The quantitative estimate of drug-likeness (QED) is 0.904. The minimum Gasteiger partial charge on any atom is -0.364 e. The van der Waals surface area contributed by atoms with Crippen molar-refractivity contribution < 1.29 is 9.53 Å². The summed E-state index contributed by atoms with van der Waals surface area (Å²) in [5.41, 5.74) is 6.91. The van der Waals surface area contributed by atoms with Crippen molar-refractivity contribution in [1.82, 2.24) is 14.7 Å². The Bertz CT molecular complexity index is 508. The van der Waals surface area contributed by atoms with Crippen LogP contribution in [0.2, 0.25) is 0 Å². The van der Waals surface area contributed by atoms with Gasteiger partial charge < -0.3 is 15.4 Å². The minimum absolute atomic E-state index is 0.0615. The van der Waals surface area contributed by atoms with Gasteiger partial charge >= 0.3 is 0 Å². The van der Waals surface area contributed by atoms with Crippen molar-refractivity contribution in [2.75, 3.05) is 19.6 Å². The maximum Gasteiger partial charge on any atom is 0.251 e. The molecule has 1 aromatic rings. The summed E-state index contributed by atoms with van der Waals surface area (Å²) in [5, 5.41) is 4.35. The Hall–Kier alpha value is -1.40. The van der Waals surface area contributed by atoms with Crippen molar-refractivity contribution in [2.45, 2.75) is 57.3 Å². The molecule has 2 N–H and O–H groups in total. The van der Waals surface area contributed by atoms with Crippen LogP contribution in [0.5, 0.6) is 0 Å². The Morgan fingerprint density at radius 2 is 2.14 bits per heavy atom. The van der Waals surface area contributed by atoms with Crippen molar-refractivity contribution in [3.8, 4) is 0 Å². The number of hydrogen-bond donors (Lipinski definition) is 1. The van der Waals surface area contributed by atoms with Crippen molar-refractivity contribution in [3.05, 3.63) is 18.0 Å². The van der Waals surface area contributed by atoms with Gasteiger partial charge in [0.25, 0.3) is 5.91 Å². The van der Waals surface area contributed by atoms with Gasteiger partial charge in [-0.25, -0.2) is 0 Å². The van der Waals surface area contributed by atoms with E-state index in [1.165, 1.54) is 5.56 Å². The van der Waals surface area contributed by atoms with Gasteiger partial charge in [0.2, 0.25) is 0 Å². The number of likely N-dealkylation sites (tertiary alicyclic amines) is 1. The zero-order chi connectivity index (χ0) is 15.5. The van der Waals surface area contributed by atoms with E-state index in [2.05, 4.69) is 18.2 Å². The molecule has 0 aromatic carbocycles. The zero-order valence-electron chi connectivity index (χ0n) is 13.3. The highest BCUT2D eigenvalue weighted by atomic mass is 16.5. The van der Waals surface area contributed by atoms with Crippen LogP contribution in [0, 0.1) is 0 Å². The highest BCUT2D eigenvalue weighted by Gasteiger charge is 2.34. The Balaban J connectivity index is 1.52. The molecule has 3 rings (SSSR count). The fourth-order valence-electron chi connectivity index (χ4n) is 3.46. The smallest absolute Gasteiger partial charge is 0.251 e. The van der Waals surface area contributed by atoms with Crippen molar-refractivity contribution >= 4 is 5.91 Å². The average molecular weight is 306 g/mol. The molecule has 2 atom stereocenters. The predicted octanol–water partition coefficient (Wildman–Crippen LogP) is 1.12. The first kappa shape index (κ1) is 15.5. The molecule has 22 heavy (non-hydrogen) atoms. The Kier molecular flexibility index (Phi) is 4.78. The first-order valence-corrected chi connectivity index (χ1v) is 8.38. The average Bonchev–Trinajstić information content (AvgIpc) is 3.23. The number of piperidine rings is 1. The first-order chi connectivity index (χ1) is 10.7. The third-order valence-electron chi connectivity index (χ3n) is 4.90. The second-order valence-electron chi connectivity index (χ2n) is 6.29. The number of carbonyl (C=O) groups is 1. The second kappa shape index (κ2) is 6.79. The van der Waals surface area contributed by atoms with E-state index in [1.54, 1.807) is 0 Å². The molecule has 2 aliphatic heterocycles. The number of hydrogen-bond acceptors (Lipinski definition) is 4. The maximum absolute atomic E-state index is 12.5. The minimum atomic E-state index is -0.270. The Labute approximate surface area is 131 Å². The summed E-state index contributed by atoms with van der Waals surface area (Å²) >= 11 is 0. The SMILES string of the molecule is CCn1cc(C2CCN(C(=O)[C@@H]3CC[C@H](CN)O3)CC2)cn1. The van der Waals surface area contributed by atoms with Gasteiger partial charge in [-0.2, -0.15) is 5.10 Å². The van der Waals surface area contributed by atoms with E-state index in [0.717, 1.165) is 45.3 Å². The summed E-state index contributed by atoms with van der Waals surface area (Å²) in [6.45, 7) is 5.13. The number of carbonyl (C=O) groups excluding carboxylic acids is 1. The zero-order valence-corrected chi connectivity index (χ0v) is 13.3. The lowest BCUT2D eigenvalue weighted by atomic mass is 9.91.